The molecule has 1 saturated heterocycles. The van der Waals surface area contributed by atoms with Crippen molar-refractivity contribution in [3.8, 4) is 0 Å². The molecule has 0 aromatic carbocycles. The van der Waals surface area contributed by atoms with Gasteiger partial charge in [0.2, 0.25) is 0 Å². The Bertz CT molecular complexity index is 203. The van der Waals surface area contributed by atoms with Crippen LogP contribution >= 0.6 is 0 Å². The number of rotatable bonds is 7. The molecule has 1 unspecified atom stereocenters. The van der Waals surface area contributed by atoms with Crippen LogP contribution in [0.25, 0.3) is 0 Å². The molecule has 0 amide bonds. The summed E-state index contributed by atoms with van der Waals surface area (Å²) in [4.78, 5) is 2.59. The first-order valence-corrected chi connectivity index (χ1v) is 7.99. The van der Waals surface area contributed by atoms with E-state index in [-0.39, 0.29) is 0 Å². The lowest BCUT2D eigenvalue weighted by Crippen LogP contribution is -2.49. The van der Waals surface area contributed by atoms with Crippen molar-refractivity contribution in [2.75, 3.05) is 19.6 Å². The van der Waals surface area contributed by atoms with Gasteiger partial charge < -0.3 is 10.2 Å². The Hall–Kier alpha value is -0.0800. The van der Waals surface area contributed by atoms with E-state index in [0.717, 1.165) is 17.9 Å². The van der Waals surface area contributed by atoms with Crippen molar-refractivity contribution in [2.24, 2.45) is 11.8 Å². The largest absolute Gasteiger partial charge is 0.310 e. The Morgan fingerprint density at radius 2 is 1.72 bits per heavy atom. The molecule has 0 aliphatic carbocycles. The van der Waals surface area contributed by atoms with Crippen LogP contribution in [0.2, 0.25) is 0 Å². The average Bonchev–Trinajstić information content (AvgIpc) is 2.27. The molecule has 2 heteroatoms. The fraction of sp³-hybridized carbons (Fsp3) is 1.00. The van der Waals surface area contributed by atoms with Gasteiger partial charge in [0.25, 0.3) is 0 Å². The van der Waals surface area contributed by atoms with E-state index in [9.17, 15) is 0 Å². The Morgan fingerprint density at radius 1 is 1.11 bits per heavy atom. The predicted molar refractivity (Wildman–Crippen MR) is 81.0 cm³/mol. The minimum absolute atomic E-state index is 0.715. The van der Waals surface area contributed by atoms with Gasteiger partial charge in [-0.2, -0.15) is 0 Å². The molecule has 0 aromatic rings. The molecule has 1 aliphatic heterocycles. The maximum atomic E-state index is 3.94. The summed E-state index contributed by atoms with van der Waals surface area (Å²) < 4.78 is 0. The van der Waals surface area contributed by atoms with Crippen molar-refractivity contribution in [1.29, 1.82) is 0 Å². The van der Waals surface area contributed by atoms with Crippen LogP contribution < -0.4 is 5.32 Å². The third-order valence-electron chi connectivity index (χ3n) is 3.94. The highest BCUT2D eigenvalue weighted by molar-refractivity contribution is 4.82. The molecule has 1 heterocycles. The Labute approximate surface area is 115 Å². The van der Waals surface area contributed by atoms with E-state index in [2.05, 4.69) is 44.8 Å². The molecule has 0 radical (unpaired) electrons. The molecule has 1 atom stereocenters. The van der Waals surface area contributed by atoms with Gasteiger partial charge in [-0.3, -0.25) is 0 Å². The van der Waals surface area contributed by atoms with E-state index < -0.39 is 0 Å². The third-order valence-corrected chi connectivity index (χ3v) is 3.94. The minimum Gasteiger partial charge on any atom is -0.310 e. The highest BCUT2D eigenvalue weighted by Crippen LogP contribution is 2.17. The summed E-state index contributed by atoms with van der Waals surface area (Å²) in [5.41, 5.74) is 0. The van der Waals surface area contributed by atoms with Crippen LogP contribution in [-0.2, 0) is 0 Å². The van der Waals surface area contributed by atoms with Crippen LogP contribution in [0.4, 0.5) is 0 Å². The van der Waals surface area contributed by atoms with E-state index in [4.69, 9.17) is 0 Å². The third kappa shape index (κ3) is 6.19. The first-order valence-electron chi connectivity index (χ1n) is 7.99. The predicted octanol–water partition coefficient (Wildman–Crippen LogP) is 3.52. The van der Waals surface area contributed by atoms with Crippen molar-refractivity contribution < 1.29 is 0 Å². The molecule has 18 heavy (non-hydrogen) atoms. The van der Waals surface area contributed by atoms with Crippen molar-refractivity contribution in [1.82, 2.24) is 10.2 Å². The fourth-order valence-corrected chi connectivity index (χ4v) is 3.18. The first kappa shape index (κ1) is 16.0. The van der Waals surface area contributed by atoms with Crippen LogP contribution in [0.15, 0.2) is 0 Å². The van der Waals surface area contributed by atoms with Gasteiger partial charge in [-0.05, 0) is 50.6 Å². The molecule has 1 rings (SSSR count). The van der Waals surface area contributed by atoms with Gasteiger partial charge in [0, 0.05) is 18.6 Å². The van der Waals surface area contributed by atoms with E-state index >= 15 is 0 Å². The van der Waals surface area contributed by atoms with Gasteiger partial charge >= 0.3 is 0 Å². The van der Waals surface area contributed by atoms with Gasteiger partial charge in [0.05, 0.1) is 0 Å². The smallest absolute Gasteiger partial charge is 0.0198 e. The molecular formula is C16H34N2. The zero-order valence-electron chi connectivity index (χ0n) is 13.2. The number of piperidine rings is 1. The number of likely N-dealkylation sites (tertiary alicyclic amines) is 1. The quantitative estimate of drug-likeness (QED) is 0.748. The second kappa shape index (κ2) is 8.16. The second-order valence-electron chi connectivity index (χ2n) is 6.86. The summed E-state index contributed by atoms with van der Waals surface area (Å²) in [5, 5.41) is 3.94. The number of nitrogens with one attached hydrogen (secondary N) is 1. The topological polar surface area (TPSA) is 15.3 Å². The Morgan fingerprint density at radius 3 is 2.22 bits per heavy atom. The Balaban J connectivity index is 2.43. The van der Waals surface area contributed by atoms with Gasteiger partial charge in [0.15, 0.2) is 0 Å². The van der Waals surface area contributed by atoms with E-state index in [1.165, 1.54) is 45.3 Å². The molecule has 1 aliphatic rings. The summed E-state index contributed by atoms with van der Waals surface area (Å²) in [5.74, 6) is 1.60. The maximum absolute atomic E-state index is 3.94. The van der Waals surface area contributed by atoms with Crippen molar-refractivity contribution in [2.45, 2.75) is 72.4 Å². The van der Waals surface area contributed by atoms with Gasteiger partial charge in [-0.15, -0.1) is 0 Å². The van der Waals surface area contributed by atoms with Crippen LogP contribution in [-0.4, -0.2) is 36.6 Å². The Kier molecular flexibility index (Phi) is 7.25. The zero-order valence-corrected chi connectivity index (χ0v) is 13.2. The molecule has 108 valence electrons. The maximum Gasteiger partial charge on any atom is 0.0198 e. The lowest BCUT2D eigenvalue weighted by molar-refractivity contribution is 0.181. The van der Waals surface area contributed by atoms with Crippen molar-refractivity contribution in [3.05, 3.63) is 0 Å². The monoisotopic (exact) mass is 254 g/mol. The zero-order chi connectivity index (χ0) is 13.5. The van der Waals surface area contributed by atoms with Crippen molar-refractivity contribution in [3.63, 3.8) is 0 Å². The normalized spacial score (nSPS) is 22.3. The standard InChI is InChI=1S/C16H34N2/c1-6-18-9-7-8-15(12-18)17-16(10-13(2)3)11-14(4)5/h13-17H,6-12H2,1-5H3. The van der Waals surface area contributed by atoms with E-state index in [1.807, 2.05) is 0 Å². The van der Waals surface area contributed by atoms with E-state index in [1.54, 1.807) is 0 Å². The first-order chi connectivity index (χ1) is 8.51. The van der Waals surface area contributed by atoms with Crippen LogP contribution in [0.1, 0.15) is 60.3 Å². The fourth-order valence-electron chi connectivity index (χ4n) is 3.18. The molecule has 2 nitrogen and oxygen atoms in total. The summed E-state index contributed by atoms with van der Waals surface area (Å²) in [6.07, 6.45) is 5.37. The average molecular weight is 254 g/mol. The number of hydrogen-bond donors (Lipinski definition) is 1. The highest BCUT2D eigenvalue weighted by Gasteiger charge is 2.22. The van der Waals surface area contributed by atoms with Gasteiger partial charge in [-0.1, -0.05) is 34.6 Å². The molecular weight excluding hydrogens is 220 g/mol. The molecule has 0 spiro atoms. The van der Waals surface area contributed by atoms with Gasteiger partial charge in [0.1, 0.15) is 0 Å². The lowest BCUT2D eigenvalue weighted by Gasteiger charge is -2.35. The summed E-state index contributed by atoms with van der Waals surface area (Å²) in [7, 11) is 0. The minimum atomic E-state index is 0.715. The summed E-state index contributed by atoms with van der Waals surface area (Å²) >= 11 is 0. The molecule has 0 bridgehead atoms. The summed E-state index contributed by atoms with van der Waals surface area (Å²) in [6, 6.07) is 1.44. The van der Waals surface area contributed by atoms with Gasteiger partial charge in [-0.25, -0.2) is 0 Å². The van der Waals surface area contributed by atoms with Crippen LogP contribution in [0.3, 0.4) is 0 Å². The van der Waals surface area contributed by atoms with E-state index in [0.29, 0.717) is 6.04 Å². The van der Waals surface area contributed by atoms with Crippen LogP contribution in [0.5, 0.6) is 0 Å². The summed E-state index contributed by atoms with van der Waals surface area (Å²) in [6.45, 7) is 15.4. The molecule has 0 saturated carbocycles. The SMILES string of the molecule is CCN1CCCC(NC(CC(C)C)CC(C)C)C1. The number of nitrogens with zero attached hydrogens (tertiary/aromatic N) is 1. The highest BCUT2D eigenvalue weighted by atomic mass is 15.2. The lowest BCUT2D eigenvalue weighted by atomic mass is 9.94. The molecule has 1 N–H and O–H groups in total. The van der Waals surface area contributed by atoms with Crippen molar-refractivity contribution >= 4 is 0 Å². The molecule has 0 aromatic heterocycles. The number of hydrogen-bond acceptors (Lipinski definition) is 2. The molecule has 1 fully saturated rings. The second-order valence-corrected chi connectivity index (χ2v) is 6.86. The van der Waals surface area contributed by atoms with Crippen LogP contribution in [0, 0.1) is 11.8 Å². The number of likely N-dealkylation sites (N-methyl/N-ethyl adjacent to an activating group) is 1.